The van der Waals surface area contributed by atoms with E-state index in [0.717, 1.165) is 0 Å². The van der Waals surface area contributed by atoms with Crippen LogP contribution in [-0.2, 0) is 6.54 Å². The van der Waals surface area contributed by atoms with Gasteiger partial charge in [0.05, 0.1) is 7.11 Å². The first-order valence-electron chi connectivity index (χ1n) is 6.80. The first-order valence-corrected chi connectivity index (χ1v) is 6.80. The standard InChI is InChI=1S/C16H16F2N2O3/c1-22-13-7-4-6-12(9-13)20-16(21)19-10-11-5-2-3-8-14(11)23-15(17)18/h2-9,15H,10H2,1H3,(H2,19,20,21). The summed E-state index contributed by atoms with van der Waals surface area (Å²) >= 11 is 0. The van der Waals surface area contributed by atoms with Crippen LogP contribution < -0.4 is 20.1 Å². The highest BCUT2D eigenvalue weighted by molar-refractivity contribution is 5.89. The van der Waals surface area contributed by atoms with Gasteiger partial charge in [-0.2, -0.15) is 8.78 Å². The van der Waals surface area contributed by atoms with Gasteiger partial charge >= 0.3 is 12.6 Å². The minimum atomic E-state index is -2.92. The lowest BCUT2D eigenvalue weighted by atomic mass is 10.2. The maximum absolute atomic E-state index is 12.3. The monoisotopic (exact) mass is 322 g/mol. The second-order valence-corrected chi connectivity index (χ2v) is 4.53. The summed E-state index contributed by atoms with van der Waals surface area (Å²) < 4.78 is 34.1. The van der Waals surface area contributed by atoms with Crippen molar-refractivity contribution in [1.82, 2.24) is 5.32 Å². The number of para-hydroxylation sites is 1. The number of urea groups is 1. The van der Waals surface area contributed by atoms with Crippen LogP contribution in [0, 0.1) is 0 Å². The Morgan fingerprint density at radius 1 is 1.17 bits per heavy atom. The number of ether oxygens (including phenoxy) is 2. The Labute approximate surface area is 132 Å². The first-order chi connectivity index (χ1) is 11.1. The predicted octanol–water partition coefficient (Wildman–Crippen LogP) is 3.62. The minimum Gasteiger partial charge on any atom is -0.497 e. The lowest BCUT2D eigenvalue weighted by Crippen LogP contribution is -2.28. The van der Waals surface area contributed by atoms with Gasteiger partial charge in [-0.25, -0.2) is 4.79 Å². The van der Waals surface area contributed by atoms with Gasteiger partial charge < -0.3 is 20.1 Å². The number of halogens is 2. The van der Waals surface area contributed by atoms with E-state index in [2.05, 4.69) is 15.4 Å². The average Bonchev–Trinajstić information content (AvgIpc) is 2.53. The van der Waals surface area contributed by atoms with E-state index in [-0.39, 0.29) is 12.3 Å². The fourth-order valence-electron chi connectivity index (χ4n) is 1.91. The van der Waals surface area contributed by atoms with Gasteiger partial charge in [0, 0.05) is 23.9 Å². The van der Waals surface area contributed by atoms with Gasteiger partial charge in [0.25, 0.3) is 0 Å². The third-order valence-corrected chi connectivity index (χ3v) is 2.96. The number of benzene rings is 2. The van der Waals surface area contributed by atoms with Gasteiger partial charge in [-0.15, -0.1) is 0 Å². The Morgan fingerprint density at radius 3 is 2.70 bits per heavy atom. The Morgan fingerprint density at radius 2 is 1.96 bits per heavy atom. The Bertz CT molecular complexity index is 665. The number of alkyl halides is 2. The molecule has 0 fully saturated rings. The van der Waals surface area contributed by atoms with Crippen LogP contribution >= 0.6 is 0 Å². The highest BCUT2D eigenvalue weighted by atomic mass is 19.3. The van der Waals surface area contributed by atoms with E-state index in [9.17, 15) is 13.6 Å². The molecule has 5 nitrogen and oxygen atoms in total. The van der Waals surface area contributed by atoms with E-state index >= 15 is 0 Å². The molecule has 0 aliphatic rings. The van der Waals surface area contributed by atoms with E-state index in [4.69, 9.17) is 4.74 Å². The van der Waals surface area contributed by atoms with Crippen LogP contribution in [0.5, 0.6) is 11.5 Å². The number of carbonyl (C=O) groups excluding carboxylic acids is 1. The van der Waals surface area contributed by atoms with Crippen LogP contribution in [0.2, 0.25) is 0 Å². The molecule has 2 aromatic carbocycles. The summed E-state index contributed by atoms with van der Waals surface area (Å²) in [7, 11) is 1.53. The van der Waals surface area contributed by atoms with Crippen molar-refractivity contribution in [3.63, 3.8) is 0 Å². The number of carbonyl (C=O) groups is 1. The maximum atomic E-state index is 12.3. The van der Waals surface area contributed by atoms with Crippen molar-refractivity contribution < 1.29 is 23.0 Å². The topological polar surface area (TPSA) is 59.6 Å². The molecule has 2 amide bonds. The normalized spacial score (nSPS) is 10.3. The number of rotatable bonds is 6. The fourth-order valence-corrected chi connectivity index (χ4v) is 1.91. The highest BCUT2D eigenvalue weighted by Crippen LogP contribution is 2.20. The summed E-state index contributed by atoms with van der Waals surface area (Å²) in [6.07, 6.45) is 0. The van der Waals surface area contributed by atoms with E-state index < -0.39 is 12.6 Å². The molecule has 0 saturated heterocycles. The summed E-state index contributed by atoms with van der Waals surface area (Å²) in [4.78, 5) is 11.9. The number of nitrogens with one attached hydrogen (secondary N) is 2. The molecule has 0 unspecified atom stereocenters. The van der Waals surface area contributed by atoms with E-state index in [0.29, 0.717) is 17.0 Å². The molecule has 0 radical (unpaired) electrons. The summed E-state index contributed by atoms with van der Waals surface area (Å²) in [5, 5.41) is 5.21. The van der Waals surface area contributed by atoms with E-state index in [1.165, 1.54) is 13.2 Å². The molecule has 23 heavy (non-hydrogen) atoms. The van der Waals surface area contributed by atoms with Gasteiger partial charge in [-0.05, 0) is 18.2 Å². The van der Waals surface area contributed by atoms with Crippen LogP contribution in [0.1, 0.15) is 5.56 Å². The zero-order valence-electron chi connectivity index (χ0n) is 12.4. The van der Waals surface area contributed by atoms with Crippen LogP contribution in [0.4, 0.5) is 19.3 Å². The fraction of sp³-hybridized carbons (Fsp3) is 0.188. The number of hydrogen-bond donors (Lipinski definition) is 2. The lowest BCUT2D eigenvalue weighted by molar-refractivity contribution is -0.0504. The number of methoxy groups -OCH3 is 1. The van der Waals surface area contributed by atoms with E-state index in [1.807, 2.05) is 0 Å². The van der Waals surface area contributed by atoms with Gasteiger partial charge in [0.2, 0.25) is 0 Å². The third-order valence-electron chi connectivity index (χ3n) is 2.96. The molecule has 0 aliphatic heterocycles. The van der Waals surface area contributed by atoms with E-state index in [1.54, 1.807) is 42.5 Å². The van der Waals surface area contributed by atoms with Crippen molar-refractivity contribution in [2.24, 2.45) is 0 Å². The molecule has 122 valence electrons. The van der Waals surface area contributed by atoms with Crippen LogP contribution in [0.25, 0.3) is 0 Å². The molecule has 7 heteroatoms. The molecular weight excluding hydrogens is 306 g/mol. The Kier molecular flexibility index (Phi) is 5.74. The summed E-state index contributed by atoms with van der Waals surface area (Å²) in [5.74, 6) is 0.641. The summed E-state index contributed by atoms with van der Waals surface area (Å²) in [6.45, 7) is -2.86. The molecule has 0 saturated carbocycles. The van der Waals surface area contributed by atoms with Crippen LogP contribution in [0.3, 0.4) is 0 Å². The van der Waals surface area contributed by atoms with Crippen LogP contribution in [0.15, 0.2) is 48.5 Å². The smallest absolute Gasteiger partial charge is 0.387 e. The zero-order chi connectivity index (χ0) is 16.7. The molecule has 2 aromatic rings. The molecule has 0 aliphatic carbocycles. The summed E-state index contributed by atoms with van der Waals surface area (Å²) in [6, 6.07) is 12.7. The van der Waals surface area contributed by atoms with Gasteiger partial charge in [-0.1, -0.05) is 24.3 Å². The lowest BCUT2D eigenvalue weighted by Gasteiger charge is -2.12. The Balaban J connectivity index is 1.94. The molecular formula is C16H16F2N2O3. The number of hydrogen-bond acceptors (Lipinski definition) is 3. The quantitative estimate of drug-likeness (QED) is 0.854. The second kappa shape index (κ2) is 7.98. The number of amides is 2. The summed E-state index contributed by atoms with van der Waals surface area (Å²) in [5.41, 5.74) is 1.01. The molecule has 2 rings (SSSR count). The van der Waals surface area contributed by atoms with Crippen molar-refractivity contribution in [3.8, 4) is 11.5 Å². The third kappa shape index (κ3) is 5.14. The van der Waals surface area contributed by atoms with Crippen molar-refractivity contribution in [3.05, 3.63) is 54.1 Å². The van der Waals surface area contributed by atoms with Crippen molar-refractivity contribution in [2.45, 2.75) is 13.2 Å². The van der Waals surface area contributed by atoms with Crippen LogP contribution in [-0.4, -0.2) is 19.8 Å². The van der Waals surface area contributed by atoms with Gasteiger partial charge in [-0.3, -0.25) is 0 Å². The molecule has 0 heterocycles. The van der Waals surface area contributed by atoms with Crippen molar-refractivity contribution in [1.29, 1.82) is 0 Å². The largest absolute Gasteiger partial charge is 0.497 e. The maximum Gasteiger partial charge on any atom is 0.387 e. The first kappa shape index (κ1) is 16.5. The second-order valence-electron chi connectivity index (χ2n) is 4.53. The average molecular weight is 322 g/mol. The molecule has 0 spiro atoms. The highest BCUT2D eigenvalue weighted by Gasteiger charge is 2.10. The molecule has 2 N–H and O–H groups in total. The van der Waals surface area contributed by atoms with Crippen molar-refractivity contribution >= 4 is 11.7 Å². The zero-order valence-corrected chi connectivity index (χ0v) is 12.4. The predicted molar refractivity (Wildman–Crippen MR) is 81.9 cm³/mol. The SMILES string of the molecule is COc1cccc(NC(=O)NCc2ccccc2OC(F)F)c1. The molecule has 0 bridgehead atoms. The van der Waals surface area contributed by atoms with Crippen molar-refractivity contribution in [2.75, 3.05) is 12.4 Å². The molecule has 0 atom stereocenters. The number of anilines is 1. The van der Waals surface area contributed by atoms with Gasteiger partial charge in [0.15, 0.2) is 0 Å². The minimum absolute atomic E-state index is 0.0316. The molecule has 0 aromatic heterocycles. The Hall–Kier alpha value is -2.83. The van der Waals surface area contributed by atoms with Gasteiger partial charge in [0.1, 0.15) is 11.5 Å².